The van der Waals surface area contributed by atoms with Crippen LogP contribution in [0.5, 0.6) is 0 Å². The number of halogens is 3. The largest absolute Gasteiger partial charge is 0.416 e. The Balaban J connectivity index is 1.67. The zero-order valence-corrected chi connectivity index (χ0v) is 15.0. The molecule has 0 saturated carbocycles. The van der Waals surface area contributed by atoms with Gasteiger partial charge >= 0.3 is 6.18 Å². The Morgan fingerprint density at radius 3 is 2.39 bits per heavy atom. The molecule has 2 aliphatic rings. The molecule has 1 saturated heterocycles. The Morgan fingerprint density at radius 1 is 1.07 bits per heavy atom. The Labute approximate surface area is 160 Å². The van der Waals surface area contributed by atoms with E-state index in [1.807, 2.05) is 29.2 Å². The molecule has 5 nitrogen and oxygen atoms in total. The van der Waals surface area contributed by atoms with Crippen molar-refractivity contribution in [1.82, 2.24) is 5.48 Å². The Bertz CT molecular complexity index is 870. The van der Waals surface area contributed by atoms with Gasteiger partial charge < -0.3 is 9.80 Å². The number of nitrogens with zero attached hydrogens (tertiary/aromatic N) is 2. The van der Waals surface area contributed by atoms with Crippen LogP contribution in [0, 0.1) is 5.92 Å². The second kappa shape index (κ2) is 7.01. The van der Waals surface area contributed by atoms with Gasteiger partial charge in [0.25, 0.3) is 0 Å². The number of amides is 1. The van der Waals surface area contributed by atoms with Crippen molar-refractivity contribution in [1.29, 1.82) is 0 Å². The zero-order chi connectivity index (χ0) is 19.9. The molecule has 0 spiro atoms. The first-order valence-electron chi connectivity index (χ1n) is 9.13. The molecule has 0 bridgehead atoms. The van der Waals surface area contributed by atoms with Crippen LogP contribution in [0.4, 0.5) is 30.2 Å². The standard InChI is InChI=1S/C20H20F3N3O2/c21-20(22,23)14-5-7-15(8-6-14)26-12-16-11-13(19(27)24-28)9-10-25(16)17-3-1-2-4-18(17)26/h1-8,13,16,28H,9-12H2,(H,24,27). The van der Waals surface area contributed by atoms with Crippen LogP contribution in [0.25, 0.3) is 0 Å². The lowest BCUT2D eigenvalue weighted by Crippen LogP contribution is -2.53. The molecule has 1 amide bonds. The number of piperidine rings is 1. The number of para-hydroxylation sites is 2. The van der Waals surface area contributed by atoms with E-state index >= 15 is 0 Å². The van der Waals surface area contributed by atoms with Crippen LogP contribution in [0.15, 0.2) is 48.5 Å². The van der Waals surface area contributed by atoms with E-state index in [0.717, 1.165) is 23.5 Å². The van der Waals surface area contributed by atoms with Crippen molar-refractivity contribution in [2.75, 3.05) is 22.9 Å². The summed E-state index contributed by atoms with van der Waals surface area (Å²) < 4.78 is 38.7. The van der Waals surface area contributed by atoms with Gasteiger partial charge in [-0.05, 0) is 49.2 Å². The van der Waals surface area contributed by atoms with Crippen molar-refractivity contribution in [2.45, 2.75) is 25.1 Å². The van der Waals surface area contributed by atoms with E-state index in [1.54, 1.807) is 5.48 Å². The normalized spacial score (nSPS) is 21.7. The maximum atomic E-state index is 12.9. The maximum absolute atomic E-state index is 12.9. The number of nitrogens with one attached hydrogen (secondary N) is 1. The van der Waals surface area contributed by atoms with Gasteiger partial charge in [0.1, 0.15) is 0 Å². The van der Waals surface area contributed by atoms with Gasteiger partial charge in [0.15, 0.2) is 0 Å². The SMILES string of the molecule is O=C(NO)C1CCN2c3ccccc3N(c3ccc(C(F)(F)F)cc3)CC2C1. The van der Waals surface area contributed by atoms with Crippen molar-refractivity contribution in [3.8, 4) is 0 Å². The summed E-state index contributed by atoms with van der Waals surface area (Å²) in [4.78, 5) is 16.1. The van der Waals surface area contributed by atoms with Crippen molar-refractivity contribution in [3.63, 3.8) is 0 Å². The number of carbonyl (C=O) groups is 1. The third-order valence-electron chi connectivity index (χ3n) is 5.58. The molecular formula is C20H20F3N3O2. The number of carbonyl (C=O) groups excluding carboxylic acids is 1. The number of anilines is 3. The smallest absolute Gasteiger partial charge is 0.365 e. The van der Waals surface area contributed by atoms with Crippen LogP contribution in [0.2, 0.25) is 0 Å². The first-order chi connectivity index (χ1) is 13.4. The number of alkyl halides is 3. The zero-order valence-electron chi connectivity index (χ0n) is 15.0. The summed E-state index contributed by atoms with van der Waals surface area (Å²) in [7, 11) is 0. The van der Waals surface area contributed by atoms with E-state index in [-0.39, 0.29) is 17.9 Å². The fourth-order valence-electron chi connectivity index (χ4n) is 4.19. The summed E-state index contributed by atoms with van der Waals surface area (Å²) in [6.07, 6.45) is -3.17. The van der Waals surface area contributed by atoms with E-state index in [2.05, 4.69) is 4.90 Å². The number of fused-ring (bicyclic) bond motifs is 3. The molecule has 1 fully saturated rings. The lowest BCUT2D eigenvalue weighted by Gasteiger charge is -2.48. The molecule has 2 N–H and O–H groups in total. The average Bonchev–Trinajstić information content (AvgIpc) is 2.71. The molecule has 0 aliphatic carbocycles. The lowest BCUT2D eigenvalue weighted by molar-refractivity contribution is -0.137. The monoisotopic (exact) mass is 391 g/mol. The van der Waals surface area contributed by atoms with E-state index in [4.69, 9.17) is 5.21 Å². The van der Waals surface area contributed by atoms with Crippen LogP contribution < -0.4 is 15.3 Å². The van der Waals surface area contributed by atoms with Crippen molar-refractivity contribution in [2.24, 2.45) is 5.92 Å². The minimum Gasteiger partial charge on any atom is -0.365 e. The Kier molecular flexibility index (Phi) is 4.66. The maximum Gasteiger partial charge on any atom is 0.416 e. The third kappa shape index (κ3) is 3.28. The van der Waals surface area contributed by atoms with Crippen molar-refractivity contribution < 1.29 is 23.2 Å². The van der Waals surface area contributed by atoms with Crippen LogP contribution in [0.1, 0.15) is 18.4 Å². The second-order valence-corrected chi connectivity index (χ2v) is 7.19. The van der Waals surface area contributed by atoms with E-state index in [1.165, 1.54) is 12.1 Å². The Morgan fingerprint density at radius 2 is 1.75 bits per heavy atom. The topological polar surface area (TPSA) is 55.8 Å². The van der Waals surface area contributed by atoms with Crippen LogP contribution in [-0.2, 0) is 11.0 Å². The summed E-state index contributed by atoms with van der Waals surface area (Å²) in [6, 6.07) is 12.9. The van der Waals surface area contributed by atoms with E-state index < -0.39 is 11.7 Å². The molecule has 4 rings (SSSR count). The quantitative estimate of drug-likeness (QED) is 0.601. The molecule has 2 heterocycles. The number of hydrogen-bond acceptors (Lipinski definition) is 4. The van der Waals surface area contributed by atoms with Crippen LogP contribution in [0.3, 0.4) is 0 Å². The Hall–Kier alpha value is -2.74. The van der Waals surface area contributed by atoms with Gasteiger partial charge in [-0.2, -0.15) is 13.2 Å². The minimum atomic E-state index is -4.37. The molecule has 2 aliphatic heterocycles. The molecule has 0 aromatic heterocycles. The summed E-state index contributed by atoms with van der Waals surface area (Å²) in [6.45, 7) is 1.23. The van der Waals surface area contributed by atoms with Crippen molar-refractivity contribution >= 4 is 23.0 Å². The highest BCUT2D eigenvalue weighted by Crippen LogP contribution is 2.43. The van der Waals surface area contributed by atoms with Gasteiger partial charge in [-0.1, -0.05) is 12.1 Å². The van der Waals surface area contributed by atoms with Gasteiger partial charge in [-0.3, -0.25) is 10.0 Å². The first-order valence-corrected chi connectivity index (χ1v) is 9.13. The molecule has 28 heavy (non-hydrogen) atoms. The summed E-state index contributed by atoms with van der Waals surface area (Å²) in [5.74, 6) is -0.675. The number of hydroxylamine groups is 1. The second-order valence-electron chi connectivity index (χ2n) is 7.19. The van der Waals surface area contributed by atoms with E-state index in [9.17, 15) is 18.0 Å². The molecule has 2 atom stereocenters. The molecule has 2 aromatic rings. The van der Waals surface area contributed by atoms with Gasteiger partial charge in [0, 0.05) is 30.7 Å². The fourth-order valence-corrected chi connectivity index (χ4v) is 4.19. The molecule has 0 radical (unpaired) electrons. The lowest BCUT2D eigenvalue weighted by atomic mass is 9.87. The minimum absolute atomic E-state index is 0.0215. The van der Waals surface area contributed by atoms with Gasteiger partial charge in [-0.15, -0.1) is 0 Å². The highest BCUT2D eigenvalue weighted by molar-refractivity contribution is 5.82. The van der Waals surface area contributed by atoms with Gasteiger partial charge in [-0.25, -0.2) is 5.48 Å². The number of benzene rings is 2. The molecule has 2 aromatic carbocycles. The predicted molar refractivity (Wildman–Crippen MR) is 98.7 cm³/mol. The molecule has 2 unspecified atom stereocenters. The summed E-state index contributed by atoms with van der Waals surface area (Å²) in [5, 5.41) is 8.95. The first kappa shape index (κ1) is 18.6. The molecular weight excluding hydrogens is 371 g/mol. The predicted octanol–water partition coefficient (Wildman–Crippen LogP) is 3.95. The van der Waals surface area contributed by atoms with Crippen LogP contribution >= 0.6 is 0 Å². The number of rotatable bonds is 2. The van der Waals surface area contributed by atoms with Crippen molar-refractivity contribution in [3.05, 3.63) is 54.1 Å². The summed E-state index contributed by atoms with van der Waals surface area (Å²) >= 11 is 0. The molecule has 8 heteroatoms. The third-order valence-corrected chi connectivity index (χ3v) is 5.58. The fraction of sp³-hybridized carbons (Fsp3) is 0.350. The van der Waals surface area contributed by atoms with Crippen LogP contribution in [-0.4, -0.2) is 30.2 Å². The summed E-state index contributed by atoms with van der Waals surface area (Å²) in [5.41, 5.74) is 3.67. The van der Waals surface area contributed by atoms with E-state index in [0.29, 0.717) is 31.6 Å². The van der Waals surface area contributed by atoms with Gasteiger partial charge in [0.05, 0.1) is 16.9 Å². The van der Waals surface area contributed by atoms with Gasteiger partial charge in [0.2, 0.25) is 5.91 Å². The molecule has 148 valence electrons. The highest BCUT2D eigenvalue weighted by Gasteiger charge is 2.38. The average molecular weight is 391 g/mol. The number of hydrogen-bond donors (Lipinski definition) is 2. The highest BCUT2D eigenvalue weighted by atomic mass is 19.4.